The lowest BCUT2D eigenvalue weighted by Crippen LogP contribution is -2.23. The Labute approximate surface area is 164 Å². The molecule has 0 unspecified atom stereocenters. The van der Waals surface area contributed by atoms with Crippen molar-refractivity contribution in [1.29, 1.82) is 0 Å². The van der Waals surface area contributed by atoms with E-state index < -0.39 is 0 Å². The summed E-state index contributed by atoms with van der Waals surface area (Å²) < 4.78 is 1.84. The first-order valence-electron chi connectivity index (χ1n) is 8.12. The number of rotatable bonds is 5. The number of hydrogen-bond donors (Lipinski definition) is 1. The van der Waals surface area contributed by atoms with Crippen LogP contribution in [-0.4, -0.2) is 26.7 Å². The third-order valence-electron chi connectivity index (χ3n) is 3.89. The minimum atomic E-state index is -0.250. The summed E-state index contributed by atoms with van der Waals surface area (Å²) in [7, 11) is 0. The molecule has 2 aromatic carbocycles. The maximum absolute atomic E-state index is 12.4. The molecular formula is C19H14ClN5OS. The molecule has 0 spiro atoms. The molecule has 0 aliphatic heterocycles. The van der Waals surface area contributed by atoms with Crippen LogP contribution >= 0.6 is 22.9 Å². The van der Waals surface area contributed by atoms with Gasteiger partial charge in [0.25, 0.3) is 5.91 Å². The predicted octanol–water partition coefficient (Wildman–Crippen LogP) is 3.96. The van der Waals surface area contributed by atoms with Crippen molar-refractivity contribution in [3.63, 3.8) is 0 Å². The average molecular weight is 396 g/mol. The summed E-state index contributed by atoms with van der Waals surface area (Å²) in [6.07, 6.45) is 1.57. The molecule has 8 heteroatoms. The van der Waals surface area contributed by atoms with Crippen molar-refractivity contribution in [2.75, 3.05) is 0 Å². The van der Waals surface area contributed by atoms with Crippen molar-refractivity contribution in [3.8, 4) is 11.5 Å². The van der Waals surface area contributed by atoms with Crippen molar-refractivity contribution in [2.45, 2.75) is 6.54 Å². The minimum absolute atomic E-state index is 0.0886. The van der Waals surface area contributed by atoms with Crippen LogP contribution in [0.15, 0.2) is 64.5 Å². The van der Waals surface area contributed by atoms with Crippen LogP contribution in [0.3, 0.4) is 0 Å². The molecule has 0 saturated heterocycles. The Kier molecular flexibility index (Phi) is 4.95. The highest BCUT2D eigenvalue weighted by Crippen LogP contribution is 2.24. The van der Waals surface area contributed by atoms with E-state index in [4.69, 9.17) is 11.6 Å². The molecule has 4 rings (SSSR count). The number of thiazole rings is 1. The largest absolute Gasteiger partial charge is 0.313 e. The smallest absolute Gasteiger partial charge is 0.260 e. The van der Waals surface area contributed by atoms with Crippen LogP contribution < -0.4 is 5.43 Å². The Balaban J connectivity index is 1.55. The SMILES string of the molecule is O=C(Cn1c(-c2cscn2)nc2ccccc21)N/N=C/c1ccc(Cl)cc1. The van der Waals surface area contributed by atoms with Crippen LogP contribution in [0.4, 0.5) is 0 Å². The van der Waals surface area contributed by atoms with Gasteiger partial charge in [0, 0.05) is 10.4 Å². The van der Waals surface area contributed by atoms with Gasteiger partial charge >= 0.3 is 0 Å². The van der Waals surface area contributed by atoms with Crippen LogP contribution in [0.25, 0.3) is 22.6 Å². The van der Waals surface area contributed by atoms with Crippen LogP contribution in [-0.2, 0) is 11.3 Å². The zero-order valence-corrected chi connectivity index (χ0v) is 15.6. The molecule has 2 aromatic heterocycles. The first kappa shape index (κ1) is 17.4. The topological polar surface area (TPSA) is 72.2 Å². The standard InChI is InChI=1S/C19H14ClN5OS/c20-14-7-5-13(6-8-14)9-22-24-18(26)10-25-17-4-2-1-3-15(17)23-19(25)16-11-27-12-21-16/h1-9,11-12H,10H2,(H,24,26)/b22-9+. The fourth-order valence-corrected chi connectivity index (χ4v) is 3.32. The summed E-state index contributed by atoms with van der Waals surface area (Å²) in [5, 5.41) is 6.57. The molecule has 4 aromatic rings. The lowest BCUT2D eigenvalue weighted by molar-refractivity contribution is -0.121. The molecule has 0 saturated carbocycles. The van der Waals surface area contributed by atoms with Crippen molar-refractivity contribution in [1.82, 2.24) is 20.0 Å². The Bertz CT molecular complexity index is 1100. The zero-order chi connectivity index (χ0) is 18.6. The second kappa shape index (κ2) is 7.69. The molecule has 6 nitrogen and oxygen atoms in total. The van der Waals surface area contributed by atoms with Gasteiger partial charge in [0.05, 0.1) is 22.8 Å². The maximum atomic E-state index is 12.4. The highest BCUT2D eigenvalue weighted by Gasteiger charge is 2.16. The van der Waals surface area contributed by atoms with Gasteiger partial charge in [0.1, 0.15) is 12.2 Å². The van der Waals surface area contributed by atoms with Crippen molar-refractivity contribution < 1.29 is 4.79 Å². The zero-order valence-electron chi connectivity index (χ0n) is 14.0. The molecule has 2 heterocycles. The Morgan fingerprint density at radius 1 is 1.22 bits per heavy atom. The minimum Gasteiger partial charge on any atom is -0.313 e. The van der Waals surface area contributed by atoms with Crippen molar-refractivity contribution in [2.24, 2.45) is 5.10 Å². The first-order chi connectivity index (χ1) is 13.2. The highest BCUT2D eigenvalue weighted by molar-refractivity contribution is 7.07. The normalized spacial score (nSPS) is 11.3. The molecule has 134 valence electrons. The van der Waals surface area contributed by atoms with E-state index in [1.807, 2.05) is 46.3 Å². The number of benzene rings is 2. The van der Waals surface area contributed by atoms with Gasteiger partial charge in [-0.15, -0.1) is 11.3 Å². The summed E-state index contributed by atoms with van der Waals surface area (Å²) >= 11 is 7.34. The number of halogens is 1. The molecule has 0 bridgehead atoms. The van der Waals surface area contributed by atoms with Gasteiger partial charge in [0.15, 0.2) is 5.82 Å². The third kappa shape index (κ3) is 3.89. The lowest BCUT2D eigenvalue weighted by Gasteiger charge is -2.06. The van der Waals surface area contributed by atoms with Gasteiger partial charge in [-0.05, 0) is 29.8 Å². The van der Waals surface area contributed by atoms with Gasteiger partial charge in [0.2, 0.25) is 0 Å². The molecule has 27 heavy (non-hydrogen) atoms. The molecule has 0 aliphatic rings. The lowest BCUT2D eigenvalue weighted by atomic mass is 10.2. The number of aromatic nitrogens is 3. The molecule has 1 N–H and O–H groups in total. The van der Waals surface area contributed by atoms with Crippen LogP contribution in [0, 0.1) is 0 Å². The van der Waals surface area contributed by atoms with Crippen molar-refractivity contribution >= 4 is 46.1 Å². The third-order valence-corrected chi connectivity index (χ3v) is 4.73. The monoisotopic (exact) mass is 395 g/mol. The molecular weight excluding hydrogens is 382 g/mol. The van der Waals surface area contributed by atoms with E-state index >= 15 is 0 Å². The number of nitrogens with one attached hydrogen (secondary N) is 1. The first-order valence-corrected chi connectivity index (χ1v) is 9.44. The van der Waals surface area contributed by atoms with Crippen molar-refractivity contribution in [3.05, 3.63) is 70.0 Å². The predicted molar refractivity (Wildman–Crippen MR) is 108 cm³/mol. The van der Waals surface area contributed by atoms with Gasteiger partial charge in [-0.2, -0.15) is 5.10 Å². The van der Waals surface area contributed by atoms with E-state index in [1.165, 1.54) is 11.3 Å². The number of amides is 1. The van der Waals surface area contributed by atoms with E-state index in [1.54, 1.807) is 23.9 Å². The Hall–Kier alpha value is -3.03. The second-order valence-corrected chi connectivity index (χ2v) is 6.88. The number of hydrazone groups is 1. The van der Waals surface area contributed by atoms with Crippen LogP contribution in [0.2, 0.25) is 5.02 Å². The Morgan fingerprint density at radius 3 is 2.81 bits per heavy atom. The van der Waals surface area contributed by atoms with Crippen LogP contribution in [0.5, 0.6) is 0 Å². The molecule has 0 atom stereocenters. The van der Waals surface area contributed by atoms with E-state index in [9.17, 15) is 4.79 Å². The Morgan fingerprint density at radius 2 is 2.04 bits per heavy atom. The molecule has 0 aliphatic carbocycles. The summed E-state index contributed by atoms with van der Waals surface area (Å²) in [5.74, 6) is 0.411. The van der Waals surface area contributed by atoms with E-state index in [-0.39, 0.29) is 12.5 Å². The average Bonchev–Trinajstić information content (AvgIpc) is 3.32. The number of hydrogen-bond acceptors (Lipinski definition) is 5. The maximum Gasteiger partial charge on any atom is 0.260 e. The number of imidazole rings is 1. The second-order valence-electron chi connectivity index (χ2n) is 5.73. The van der Waals surface area contributed by atoms with Gasteiger partial charge in [-0.1, -0.05) is 35.9 Å². The van der Waals surface area contributed by atoms with Gasteiger partial charge < -0.3 is 4.57 Å². The summed E-state index contributed by atoms with van der Waals surface area (Å²) in [6, 6.07) is 14.9. The fraction of sp³-hybridized carbons (Fsp3) is 0.0526. The van der Waals surface area contributed by atoms with E-state index in [2.05, 4.69) is 20.5 Å². The number of nitrogens with zero attached hydrogens (tertiary/aromatic N) is 4. The number of para-hydroxylation sites is 2. The number of carbonyl (C=O) groups excluding carboxylic acids is 1. The van der Waals surface area contributed by atoms with Crippen LogP contribution in [0.1, 0.15) is 5.56 Å². The molecule has 1 amide bonds. The van der Waals surface area contributed by atoms with E-state index in [0.717, 1.165) is 22.3 Å². The van der Waals surface area contributed by atoms with Gasteiger partial charge in [-0.25, -0.2) is 15.4 Å². The summed E-state index contributed by atoms with van der Waals surface area (Å²) in [4.78, 5) is 21.4. The highest BCUT2D eigenvalue weighted by atomic mass is 35.5. The van der Waals surface area contributed by atoms with E-state index in [0.29, 0.717) is 10.8 Å². The quantitative estimate of drug-likeness (QED) is 0.410. The number of carbonyl (C=O) groups is 1. The number of fused-ring (bicyclic) bond motifs is 1. The summed E-state index contributed by atoms with van der Waals surface area (Å²) in [6.45, 7) is 0.0886. The fourth-order valence-electron chi connectivity index (χ4n) is 2.66. The molecule has 0 fully saturated rings. The van der Waals surface area contributed by atoms with Gasteiger partial charge in [-0.3, -0.25) is 4.79 Å². The summed E-state index contributed by atoms with van der Waals surface area (Å²) in [5.41, 5.74) is 7.58. The molecule has 0 radical (unpaired) electrons.